The minimum atomic E-state index is -0.501. The number of Topliss-reactive ketones (excluding diaryl/α,β-unsaturated/α-hetero) is 1. The van der Waals surface area contributed by atoms with E-state index in [1.54, 1.807) is 48.5 Å². The molecule has 0 atom stereocenters. The first-order chi connectivity index (χ1) is 16.4. The molecule has 0 radical (unpaired) electrons. The van der Waals surface area contributed by atoms with Gasteiger partial charge in [0, 0.05) is 12.0 Å². The lowest BCUT2D eigenvalue weighted by atomic mass is 9.99. The molecule has 0 bridgehead atoms. The first kappa shape index (κ1) is 23.3. The molecule has 174 valence electrons. The minimum Gasteiger partial charge on any atom is -0.493 e. The van der Waals surface area contributed by atoms with Gasteiger partial charge in [-0.1, -0.05) is 29.8 Å². The fraction of sp³-hybridized carbons (Fsp3) is 0.154. The number of hydrogen-bond acceptors (Lipinski definition) is 5. The molecule has 0 saturated carbocycles. The molecule has 0 aliphatic carbocycles. The van der Waals surface area contributed by atoms with Crippen LogP contribution in [0.2, 0.25) is 5.02 Å². The van der Waals surface area contributed by atoms with Crippen LogP contribution in [0.5, 0.6) is 17.2 Å². The smallest absolute Gasteiger partial charge is 0.262 e. The fourth-order valence-corrected chi connectivity index (χ4v) is 3.67. The number of hydrogen-bond donors (Lipinski definition) is 1. The van der Waals surface area contributed by atoms with Gasteiger partial charge >= 0.3 is 0 Å². The van der Waals surface area contributed by atoms with Crippen LogP contribution >= 0.6 is 11.6 Å². The van der Waals surface area contributed by atoms with Crippen LogP contribution in [0.3, 0.4) is 0 Å². The van der Waals surface area contributed by atoms with Gasteiger partial charge in [-0.3, -0.25) is 9.59 Å². The van der Waals surface area contributed by atoms with E-state index in [9.17, 15) is 14.0 Å². The van der Waals surface area contributed by atoms with Crippen molar-refractivity contribution in [1.29, 1.82) is 0 Å². The molecular weight excluding hydrogens is 461 g/mol. The van der Waals surface area contributed by atoms with Crippen molar-refractivity contribution in [2.24, 2.45) is 0 Å². The summed E-state index contributed by atoms with van der Waals surface area (Å²) in [7, 11) is 1.48. The third-order valence-corrected chi connectivity index (χ3v) is 5.47. The molecule has 3 aromatic rings. The second kappa shape index (κ2) is 10.4. The van der Waals surface area contributed by atoms with Gasteiger partial charge in [0.25, 0.3) is 5.91 Å². The van der Waals surface area contributed by atoms with E-state index in [2.05, 4.69) is 5.32 Å². The van der Waals surface area contributed by atoms with E-state index >= 15 is 0 Å². The molecule has 0 fully saturated rings. The summed E-state index contributed by atoms with van der Waals surface area (Å²) >= 11 is 6.06. The number of para-hydroxylation sites is 1. The number of rotatable bonds is 6. The number of anilines is 1. The number of methoxy groups -OCH3 is 1. The highest BCUT2D eigenvalue weighted by Gasteiger charge is 2.22. The van der Waals surface area contributed by atoms with E-state index in [1.165, 1.54) is 25.3 Å². The Labute approximate surface area is 200 Å². The number of amides is 1. The van der Waals surface area contributed by atoms with Crippen LogP contribution < -0.4 is 19.5 Å². The number of fused-ring (bicyclic) bond motifs is 1. The summed E-state index contributed by atoms with van der Waals surface area (Å²) in [6.45, 7) is 0.0509. The molecule has 1 amide bonds. The molecule has 6 nitrogen and oxygen atoms in total. The van der Waals surface area contributed by atoms with Crippen LogP contribution in [0.25, 0.3) is 6.08 Å². The molecule has 1 N–H and O–H groups in total. The predicted molar refractivity (Wildman–Crippen MR) is 127 cm³/mol. The van der Waals surface area contributed by atoms with Gasteiger partial charge in [-0.15, -0.1) is 0 Å². The topological polar surface area (TPSA) is 73.9 Å². The van der Waals surface area contributed by atoms with E-state index in [4.69, 9.17) is 25.8 Å². The largest absolute Gasteiger partial charge is 0.493 e. The van der Waals surface area contributed by atoms with Crippen LogP contribution in [0.15, 0.2) is 66.2 Å². The van der Waals surface area contributed by atoms with E-state index < -0.39 is 5.82 Å². The van der Waals surface area contributed by atoms with Crippen LogP contribution in [-0.2, 0) is 4.79 Å². The van der Waals surface area contributed by atoms with Gasteiger partial charge in [0.05, 0.1) is 30.0 Å². The van der Waals surface area contributed by atoms with Gasteiger partial charge < -0.3 is 19.5 Å². The highest BCUT2D eigenvalue weighted by Crippen LogP contribution is 2.32. The lowest BCUT2D eigenvalue weighted by Crippen LogP contribution is -2.20. The Kier molecular flexibility index (Phi) is 7.13. The van der Waals surface area contributed by atoms with Crippen molar-refractivity contribution >= 4 is 35.1 Å². The zero-order chi connectivity index (χ0) is 24.1. The highest BCUT2D eigenvalue weighted by molar-refractivity contribution is 6.33. The third-order valence-electron chi connectivity index (χ3n) is 5.14. The normalized spacial score (nSPS) is 14.1. The summed E-state index contributed by atoms with van der Waals surface area (Å²) in [4.78, 5) is 25.2. The second-order valence-electron chi connectivity index (χ2n) is 7.46. The zero-order valence-corrected chi connectivity index (χ0v) is 19.0. The maximum absolute atomic E-state index is 13.7. The Morgan fingerprint density at radius 3 is 2.76 bits per heavy atom. The molecular formula is C26H21ClFNO5. The first-order valence-corrected chi connectivity index (χ1v) is 10.9. The van der Waals surface area contributed by atoms with Crippen molar-refractivity contribution in [1.82, 2.24) is 0 Å². The molecule has 0 spiro atoms. The van der Waals surface area contributed by atoms with Crippen molar-refractivity contribution in [3.8, 4) is 17.2 Å². The third kappa shape index (κ3) is 5.38. The van der Waals surface area contributed by atoms with Crippen molar-refractivity contribution in [3.05, 3.63) is 88.2 Å². The second-order valence-corrected chi connectivity index (χ2v) is 7.87. The number of ketones is 1. The zero-order valence-electron chi connectivity index (χ0n) is 18.3. The lowest BCUT2D eigenvalue weighted by molar-refractivity contribution is -0.118. The van der Waals surface area contributed by atoms with Gasteiger partial charge in [0.15, 0.2) is 23.9 Å². The van der Waals surface area contributed by atoms with Gasteiger partial charge in [-0.2, -0.15) is 0 Å². The van der Waals surface area contributed by atoms with Crippen LogP contribution in [0.4, 0.5) is 10.1 Å². The van der Waals surface area contributed by atoms with E-state index in [1.807, 2.05) is 0 Å². The van der Waals surface area contributed by atoms with Crippen molar-refractivity contribution in [3.63, 3.8) is 0 Å². The monoisotopic (exact) mass is 481 g/mol. The average molecular weight is 482 g/mol. The summed E-state index contributed by atoms with van der Waals surface area (Å²) in [6.07, 6.45) is 2.08. The number of carbonyl (C=O) groups is 2. The molecule has 4 rings (SSSR count). The Morgan fingerprint density at radius 1 is 1.15 bits per heavy atom. The van der Waals surface area contributed by atoms with Crippen molar-refractivity contribution in [2.75, 3.05) is 25.6 Å². The van der Waals surface area contributed by atoms with Crippen molar-refractivity contribution in [2.45, 2.75) is 6.42 Å². The maximum Gasteiger partial charge on any atom is 0.262 e. The Hall–Kier alpha value is -3.84. The number of nitrogens with one attached hydrogen (secondary N) is 1. The van der Waals surface area contributed by atoms with E-state index in [0.717, 1.165) is 0 Å². The number of ether oxygens (including phenoxy) is 3. The SMILES string of the molecule is COc1cc(/C=C2\CCOc3ccc(F)cc3C2=O)ccc1OCC(=O)Nc1ccccc1Cl. The molecule has 3 aromatic carbocycles. The van der Waals surface area contributed by atoms with E-state index in [0.29, 0.717) is 52.1 Å². The summed E-state index contributed by atoms with van der Waals surface area (Å²) in [5, 5.41) is 3.11. The predicted octanol–water partition coefficient (Wildman–Crippen LogP) is 5.55. The molecule has 1 aliphatic rings. The van der Waals surface area contributed by atoms with E-state index in [-0.39, 0.29) is 23.9 Å². The lowest BCUT2D eigenvalue weighted by Gasteiger charge is -2.12. The quantitative estimate of drug-likeness (QED) is 0.467. The molecule has 1 aliphatic heterocycles. The first-order valence-electron chi connectivity index (χ1n) is 10.5. The number of carbonyl (C=O) groups excluding carboxylic acids is 2. The molecule has 8 heteroatoms. The van der Waals surface area contributed by atoms with Crippen molar-refractivity contribution < 1.29 is 28.2 Å². The average Bonchev–Trinajstić information content (AvgIpc) is 2.98. The molecule has 0 aromatic heterocycles. The molecule has 0 saturated heterocycles. The standard InChI is InChI=1S/C26H21ClFNO5/c1-32-24-13-16(12-17-10-11-33-22-9-7-18(28)14-19(22)26(17)31)6-8-23(24)34-15-25(30)29-21-5-3-2-4-20(21)27/h2-9,12-14H,10-11,15H2,1H3,(H,29,30)/b17-12+. The number of benzene rings is 3. The summed E-state index contributed by atoms with van der Waals surface area (Å²) in [5.74, 6) is -0.0470. The minimum absolute atomic E-state index is 0.195. The van der Waals surface area contributed by atoms with Gasteiger partial charge in [-0.05, 0) is 54.1 Å². The Bertz CT molecular complexity index is 1270. The van der Waals surface area contributed by atoms with Crippen LogP contribution in [0, 0.1) is 5.82 Å². The Balaban J connectivity index is 1.48. The molecule has 1 heterocycles. The molecule has 0 unspecified atom stereocenters. The summed E-state index contributed by atoms with van der Waals surface area (Å²) < 4.78 is 30.3. The Morgan fingerprint density at radius 2 is 1.97 bits per heavy atom. The number of halogens is 2. The van der Waals surface area contributed by atoms with Crippen LogP contribution in [-0.4, -0.2) is 32.0 Å². The van der Waals surface area contributed by atoms with Gasteiger partial charge in [-0.25, -0.2) is 4.39 Å². The summed E-state index contributed by atoms with van der Waals surface area (Å²) in [6, 6.07) is 15.9. The van der Waals surface area contributed by atoms with Crippen LogP contribution in [0.1, 0.15) is 22.3 Å². The fourth-order valence-electron chi connectivity index (χ4n) is 3.49. The highest BCUT2D eigenvalue weighted by atomic mass is 35.5. The van der Waals surface area contributed by atoms with Gasteiger partial charge in [0.1, 0.15) is 11.6 Å². The molecule has 34 heavy (non-hydrogen) atoms. The maximum atomic E-state index is 13.7. The summed E-state index contributed by atoms with van der Waals surface area (Å²) in [5.41, 5.74) is 1.86. The van der Waals surface area contributed by atoms with Gasteiger partial charge in [0.2, 0.25) is 0 Å².